The SMILES string of the molecule is CCc1ccc(C(=O)CCBr)cc1C(F)F. The molecule has 0 spiro atoms. The van der Waals surface area contributed by atoms with Crippen molar-refractivity contribution in [3.8, 4) is 0 Å². The molecule has 0 fully saturated rings. The number of alkyl halides is 3. The van der Waals surface area contributed by atoms with Crippen LogP contribution in [0.3, 0.4) is 0 Å². The Balaban J connectivity index is 3.06. The summed E-state index contributed by atoms with van der Waals surface area (Å²) in [6.07, 6.45) is -1.65. The molecule has 0 saturated heterocycles. The van der Waals surface area contributed by atoms with E-state index in [4.69, 9.17) is 0 Å². The van der Waals surface area contributed by atoms with Crippen LogP contribution in [0.5, 0.6) is 0 Å². The highest BCUT2D eigenvalue weighted by molar-refractivity contribution is 9.09. The Morgan fingerprint density at radius 2 is 2.12 bits per heavy atom. The van der Waals surface area contributed by atoms with Crippen LogP contribution in [0.2, 0.25) is 0 Å². The molecule has 1 nitrogen and oxygen atoms in total. The third kappa shape index (κ3) is 3.11. The Morgan fingerprint density at radius 3 is 2.62 bits per heavy atom. The van der Waals surface area contributed by atoms with Crippen LogP contribution < -0.4 is 0 Å². The van der Waals surface area contributed by atoms with Crippen LogP contribution >= 0.6 is 15.9 Å². The maximum absolute atomic E-state index is 12.7. The highest BCUT2D eigenvalue weighted by Crippen LogP contribution is 2.25. The van der Waals surface area contributed by atoms with Gasteiger partial charge in [-0.15, -0.1) is 0 Å². The fourth-order valence-electron chi connectivity index (χ4n) is 1.52. The van der Waals surface area contributed by atoms with Gasteiger partial charge in [0.15, 0.2) is 5.78 Å². The van der Waals surface area contributed by atoms with E-state index in [9.17, 15) is 13.6 Å². The van der Waals surface area contributed by atoms with Crippen LogP contribution in [-0.4, -0.2) is 11.1 Å². The molecule has 16 heavy (non-hydrogen) atoms. The molecular weight excluding hydrogens is 278 g/mol. The second-order valence-electron chi connectivity index (χ2n) is 3.43. The predicted octanol–water partition coefficient (Wildman–Crippen LogP) is 4.15. The second kappa shape index (κ2) is 6.09. The molecule has 0 unspecified atom stereocenters. The number of rotatable bonds is 5. The molecule has 0 heterocycles. The molecule has 0 saturated carbocycles. The minimum Gasteiger partial charge on any atom is -0.294 e. The molecule has 1 rings (SSSR count). The van der Waals surface area contributed by atoms with Gasteiger partial charge in [-0.25, -0.2) is 8.78 Å². The van der Waals surface area contributed by atoms with Crippen molar-refractivity contribution in [1.82, 2.24) is 0 Å². The number of carbonyl (C=O) groups excluding carboxylic acids is 1. The number of halogens is 3. The van der Waals surface area contributed by atoms with Gasteiger partial charge in [0, 0.05) is 22.9 Å². The number of carbonyl (C=O) groups is 1. The topological polar surface area (TPSA) is 17.1 Å². The largest absolute Gasteiger partial charge is 0.294 e. The van der Waals surface area contributed by atoms with Crippen LogP contribution in [0.15, 0.2) is 18.2 Å². The molecular formula is C12H13BrF2O. The molecule has 0 amide bonds. The van der Waals surface area contributed by atoms with E-state index in [-0.39, 0.29) is 11.3 Å². The summed E-state index contributed by atoms with van der Waals surface area (Å²) in [5.74, 6) is -0.110. The highest BCUT2D eigenvalue weighted by Gasteiger charge is 2.14. The van der Waals surface area contributed by atoms with E-state index < -0.39 is 6.43 Å². The zero-order valence-electron chi connectivity index (χ0n) is 8.97. The fraction of sp³-hybridized carbons (Fsp3) is 0.417. The van der Waals surface area contributed by atoms with Crippen molar-refractivity contribution in [1.29, 1.82) is 0 Å². The van der Waals surface area contributed by atoms with Crippen LogP contribution in [0, 0.1) is 0 Å². The number of aryl methyl sites for hydroxylation is 1. The summed E-state index contributed by atoms with van der Waals surface area (Å²) in [6.45, 7) is 1.82. The fourth-order valence-corrected chi connectivity index (χ4v) is 1.88. The molecule has 0 atom stereocenters. The summed E-state index contributed by atoms with van der Waals surface area (Å²) < 4.78 is 25.4. The monoisotopic (exact) mass is 290 g/mol. The molecule has 0 radical (unpaired) electrons. The van der Waals surface area contributed by atoms with Crippen molar-refractivity contribution in [3.63, 3.8) is 0 Å². The lowest BCUT2D eigenvalue weighted by Gasteiger charge is -2.08. The standard InChI is InChI=1S/C12H13BrF2O/c1-2-8-3-4-9(11(16)5-6-13)7-10(8)12(14)15/h3-4,7,12H,2,5-6H2,1H3. The molecule has 4 heteroatoms. The summed E-state index contributed by atoms with van der Waals surface area (Å²) in [6, 6.07) is 4.55. The summed E-state index contributed by atoms with van der Waals surface area (Å²) in [5, 5.41) is 0.547. The normalized spacial score (nSPS) is 10.8. The summed E-state index contributed by atoms with van der Waals surface area (Å²) >= 11 is 3.15. The van der Waals surface area contributed by atoms with E-state index >= 15 is 0 Å². The Morgan fingerprint density at radius 1 is 1.44 bits per heavy atom. The van der Waals surface area contributed by atoms with Crippen molar-refractivity contribution in [2.45, 2.75) is 26.2 Å². The van der Waals surface area contributed by atoms with Gasteiger partial charge in [0.2, 0.25) is 0 Å². The maximum atomic E-state index is 12.7. The molecule has 1 aromatic carbocycles. The van der Waals surface area contributed by atoms with Gasteiger partial charge in [-0.2, -0.15) is 0 Å². The minimum absolute atomic E-state index is 0.0251. The Labute approximate surface area is 102 Å². The minimum atomic E-state index is -2.52. The van der Waals surface area contributed by atoms with Gasteiger partial charge < -0.3 is 0 Å². The van der Waals surface area contributed by atoms with Gasteiger partial charge >= 0.3 is 0 Å². The maximum Gasteiger partial charge on any atom is 0.264 e. The van der Waals surface area contributed by atoms with Gasteiger partial charge in [0.05, 0.1) is 0 Å². The van der Waals surface area contributed by atoms with E-state index in [0.29, 0.717) is 29.3 Å². The van der Waals surface area contributed by atoms with Crippen LogP contribution in [0.4, 0.5) is 8.78 Å². The highest BCUT2D eigenvalue weighted by atomic mass is 79.9. The molecule has 0 aromatic heterocycles. The van der Waals surface area contributed by atoms with Gasteiger partial charge in [-0.1, -0.05) is 35.0 Å². The first-order valence-corrected chi connectivity index (χ1v) is 6.22. The van der Waals surface area contributed by atoms with Gasteiger partial charge in [-0.05, 0) is 18.1 Å². The number of Topliss-reactive ketones (excluding diaryl/α,β-unsaturated/α-hetero) is 1. The lowest BCUT2D eigenvalue weighted by atomic mass is 9.99. The second-order valence-corrected chi connectivity index (χ2v) is 4.22. The zero-order chi connectivity index (χ0) is 12.1. The first-order valence-electron chi connectivity index (χ1n) is 5.10. The van der Waals surface area contributed by atoms with E-state index in [1.54, 1.807) is 12.1 Å². The summed E-state index contributed by atoms with van der Waals surface area (Å²) in [4.78, 5) is 11.5. The van der Waals surface area contributed by atoms with E-state index in [1.165, 1.54) is 6.07 Å². The molecule has 1 aromatic rings. The molecule has 0 bridgehead atoms. The molecule has 0 N–H and O–H groups in total. The van der Waals surface area contributed by atoms with Crippen molar-refractivity contribution >= 4 is 21.7 Å². The van der Waals surface area contributed by atoms with Crippen LogP contribution in [-0.2, 0) is 6.42 Å². The molecule has 0 aliphatic rings. The predicted molar refractivity (Wildman–Crippen MR) is 63.5 cm³/mol. The van der Waals surface area contributed by atoms with Crippen LogP contribution in [0.25, 0.3) is 0 Å². The van der Waals surface area contributed by atoms with Crippen molar-refractivity contribution < 1.29 is 13.6 Å². The third-order valence-corrected chi connectivity index (χ3v) is 2.80. The summed E-state index contributed by atoms with van der Waals surface area (Å²) in [5.41, 5.74) is 0.945. The number of hydrogen-bond acceptors (Lipinski definition) is 1. The molecule has 0 aliphatic carbocycles. The zero-order valence-corrected chi connectivity index (χ0v) is 10.6. The first kappa shape index (κ1) is 13.3. The Hall–Kier alpha value is -0.770. The average molecular weight is 291 g/mol. The molecule has 88 valence electrons. The quantitative estimate of drug-likeness (QED) is 0.588. The number of benzene rings is 1. The van der Waals surface area contributed by atoms with Crippen molar-refractivity contribution in [3.05, 3.63) is 34.9 Å². The first-order chi connectivity index (χ1) is 7.60. The lowest BCUT2D eigenvalue weighted by Crippen LogP contribution is -2.03. The Bertz CT molecular complexity index is 377. The van der Waals surface area contributed by atoms with Gasteiger partial charge in [-0.3, -0.25) is 4.79 Å². The number of ketones is 1. The van der Waals surface area contributed by atoms with E-state index in [0.717, 1.165) is 0 Å². The van der Waals surface area contributed by atoms with E-state index in [2.05, 4.69) is 15.9 Å². The van der Waals surface area contributed by atoms with Gasteiger partial charge in [0.1, 0.15) is 0 Å². The van der Waals surface area contributed by atoms with Crippen molar-refractivity contribution in [2.24, 2.45) is 0 Å². The molecule has 0 aliphatic heterocycles. The average Bonchev–Trinajstić information content (AvgIpc) is 2.28. The number of hydrogen-bond donors (Lipinski definition) is 0. The third-order valence-electron chi connectivity index (χ3n) is 2.41. The van der Waals surface area contributed by atoms with Crippen LogP contribution in [0.1, 0.15) is 41.3 Å². The van der Waals surface area contributed by atoms with Gasteiger partial charge in [0.25, 0.3) is 6.43 Å². The summed E-state index contributed by atoms with van der Waals surface area (Å²) in [7, 11) is 0. The van der Waals surface area contributed by atoms with Crippen molar-refractivity contribution in [2.75, 3.05) is 5.33 Å². The van der Waals surface area contributed by atoms with E-state index in [1.807, 2.05) is 6.92 Å². The Kier molecular flexibility index (Phi) is 5.06. The lowest BCUT2D eigenvalue weighted by molar-refractivity contribution is 0.0989. The smallest absolute Gasteiger partial charge is 0.264 e.